The second-order valence-corrected chi connectivity index (χ2v) is 5.17. The zero-order chi connectivity index (χ0) is 13.2. The van der Waals surface area contributed by atoms with Gasteiger partial charge in [-0.1, -0.05) is 69.2 Å². The van der Waals surface area contributed by atoms with Crippen molar-refractivity contribution in [1.82, 2.24) is 9.97 Å². The molecule has 0 saturated heterocycles. The lowest BCUT2D eigenvalue weighted by atomic mass is 10.4. The first-order valence-electron chi connectivity index (χ1n) is 6.02. The van der Waals surface area contributed by atoms with Crippen LogP contribution >= 0.6 is 8.58 Å². The molecule has 94 valence electrons. The van der Waals surface area contributed by atoms with Crippen molar-refractivity contribution in [2.45, 2.75) is 0 Å². The van der Waals surface area contributed by atoms with Crippen LogP contribution in [0.5, 0.6) is 0 Å². The number of benzene rings is 2. The summed E-state index contributed by atoms with van der Waals surface area (Å²) in [5.74, 6) is 0. The van der Waals surface area contributed by atoms with Gasteiger partial charge in [0.25, 0.3) is 0 Å². The first-order chi connectivity index (χ1) is 9.45. The summed E-state index contributed by atoms with van der Waals surface area (Å²) in [6.07, 6.45) is 4.88. The SMILES string of the molecule is c1ccc(Pc2ccccc2)cc1.c1cncnc1. The van der Waals surface area contributed by atoms with Gasteiger partial charge in [-0.25, -0.2) is 9.97 Å². The molecule has 0 aliphatic rings. The Hall–Kier alpha value is -2.05. The monoisotopic (exact) mass is 266 g/mol. The topological polar surface area (TPSA) is 25.8 Å². The minimum absolute atomic E-state index is 0.777. The average molecular weight is 266 g/mol. The number of rotatable bonds is 2. The molecule has 3 rings (SSSR count). The maximum absolute atomic E-state index is 3.67. The van der Waals surface area contributed by atoms with Crippen molar-refractivity contribution in [3.05, 3.63) is 85.5 Å². The normalized spacial score (nSPS) is 9.26. The third-order valence-corrected chi connectivity index (χ3v) is 3.56. The highest BCUT2D eigenvalue weighted by atomic mass is 31.1. The van der Waals surface area contributed by atoms with Gasteiger partial charge in [-0.05, 0) is 16.7 Å². The van der Waals surface area contributed by atoms with E-state index in [-0.39, 0.29) is 0 Å². The van der Waals surface area contributed by atoms with E-state index < -0.39 is 0 Å². The van der Waals surface area contributed by atoms with Gasteiger partial charge in [0, 0.05) is 12.4 Å². The molecule has 0 fully saturated rings. The zero-order valence-electron chi connectivity index (χ0n) is 10.5. The first-order valence-corrected chi connectivity index (χ1v) is 7.02. The predicted octanol–water partition coefficient (Wildman–Crippen LogP) is 2.79. The van der Waals surface area contributed by atoms with Gasteiger partial charge in [0.1, 0.15) is 6.33 Å². The van der Waals surface area contributed by atoms with Crippen molar-refractivity contribution in [3.8, 4) is 0 Å². The van der Waals surface area contributed by atoms with Crippen LogP contribution < -0.4 is 10.6 Å². The second kappa shape index (κ2) is 8.12. The summed E-state index contributed by atoms with van der Waals surface area (Å²) in [7, 11) is 0.777. The summed E-state index contributed by atoms with van der Waals surface area (Å²) >= 11 is 0. The van der Waals surface area contributed by atoms with E-state index >= 15 is 0 Å². The van der Waals surface area contributed by atoms with Crippen molar-refractivity contribution >= 4 is 19.2 Å². The minimum atomic E-state index is 0.777. The lowest BCUT2D eigenvalue weighted by molar-refractivity contribution is 1.17. The lowest BCUT2D eigenvalue weighted by Crippen LogP contribution is -2.01. The van der Waals surface area contributed by atoms with Crippen LogP contribution in [0, 0.1) is 0 Å². The van der Waals surface area contributed by atoms with E-state index in [1.54, 1.807) is 18.5 Å². The molecule has 3 heteroatoms. The van der Waals surface area contributed by atoms with Gasteiger partial charge in [-0.15, -0.1) is 0 Å². The fourth-order valence-corrected chi connectivity index (χ4v) is 2.51. The van der Waals surface area contributed by atoms with Gasteiger partial charge in [-0.3, -0.25) is 0 Å². The van der Waals surface area contributed by atoms with E-state index in [1.807, 2.05) is 0 Å². The Morgan fingerprint density at radius 2 is 1.05 bits per heavy atom. The van der Waals surface area contributed by atoms with E-state index in [9.17, 15) is 0 Å². The lowest BCUT2D eigenvalue weighted by Gasteiger charge is -2.00. The van der Waals surface area contributed by atoms with Crippen LogP contribution in [-0.2, 0) is 0 Å². The van der Waals surface area contributed by atoms with E-state index in [4.69, 9.17) is 0 Å². The molecule has 0 unspecified atom stereocenters. The molecular weight excluding hydrogens is 251 g/mol. The molecule has 0 bridgehead atoms. The van der Waals surface area contributed by atoms with Crippen LogP contribution in [0.25, 0.3) is 0 Å². The van der Waals surface area contributed by atoms with Crippen molar-refractivity contribution in [3.63, 3.8) is 0 Å². The van der Waals surface area contributed by atoms with Crippen LogP contribution in [0.1, 0.15) is 0 Å². The van der Waals surface area contributed by atoms with E-state index in [1.165, 1.54) is 16.9 Å². The van der Waals surface area contributed by atoms with E-state index in [2.05, 4.69) is 70.6 Å². The third-order valence-electron chi connectivity index (χ3n) is 2.31. The molecule has 19 heavy (non-hydrogen) atoms. The Bertz CT molecular complexity index is 492. The summed E-state index contributed by atoms with van der Waals surface area (Å²) in [5.41, 5.74) is 0. The quantitative estimate of drug-likeness (QED) is 0.667. The molecule has 0 radical (unpaired) electrons. The Morgan fingerprint density at radius 3 is 1.37 bits per heavy atom. The van der Waals surface area contributed by atoms with Crippen LogP contribution in [0.4, 0.5) is 0 Å². The summed E-state index contributed by atoms with van der Waals surface area (Å²) in [6, 6.07) is 22.9. The van der Waals surface area contributed by atoms with Gasteiger partial charge in [0.15, 0.2) is 0 Å². The van der Waals surface area contributed by atoms with Gasteiger partial charge in [-0.2, -0.15) is 0 Å². The van der Waals surface area contributed by atoms with Crippen molar-refractivity contribution < 1.29 is 0 Å². The van der Waals surface area contributed by atoms with Crippen LogP contribution in [0.3, 0.4) is 0 Å². The van der Waals surface area contributed by atoms with E-state index in [0.29, 0.717) is 0 Å². The second-order valence-electron chi connectivity index (χ2n) is 3.76. The van der Waals surface area contributed by atoms with E-state index in [0.717, 1.165) is 8.58 Å². The van der Waals surface area contributed by atoms with Crippen LogP contribution in [-0.4, -0.2) is 9.97 Å². The average Bonchev–Trinajstić information content (AvgIpc) is 2.52. The molecule has 2 aromatic carbocycles. The fraction of sp³-hybridized carbons (Fsp3) is 0. The smallest absolute Gasteiger partial charge is 0.115 e. The highest BCUT2D eigenvalue weighted by molar-refractivity contribution is 7.55. The fourth-order valence-electron chi connectivity index (χ4n) is 1.46. The Kier molecular flexibility index (Phi) is 5.72. The number of nitrogens with zero attached hydrogens (tertiary/aromatic N) is 2. The molecule has 0 amide bonds. The first kappa shape index (κ1) is 13.4. The third kappa shape index (κ3) is 5.41. The summed E-state index contributed by atoms with van der Waals surface area (Å²) in [4.78, 5) is 7.35. The molecule has 3 aromatic rings. The molecule has 0 spiro atoms. The van der Waals surface area contributed by atoms with Gasteiger partial charge >= 0.3 is 0 Å². The molecule has 1 heterocycles. The highest BCUT2D eigenvalue weighted by Crippen LogP contribution is 2.08. The summed E-state index contributed by atoms with van der Waals surface area (Å²) in [6.45, 7) is 0. The minimum Gasteiger partial charge on any atom is -0.245 e. The summed E-state index contributed by atoms with van der Waals surface area (Å²) in [5, 5.41) is 2.79. The highest BCUT2D eigenvalue weighted by Gasteiger charge is 1.92. The van der Waals surface area contributed by atoms with Crippen molar-refractivity contribution in [2.24, 2.45) is 0 Å². The maximum Gasteiger partial charge on any atom is 0.115 e. The Balaban J connectivity index is 0.000000186. The maximum atomic E-state index is 3.67. The molecule has 0 N–H and O–H groups in total. The summed E-state index contributed by atoms with van der Waals surface area (Å²) < 4.78 is 0. The Morgan fingerprint density at radius 1 is 0.579 bits per heavy atom. The van der Waals surface area contributed by atoms with Crippen molar-refractivity contribution in [2.75, 3.05) is 0 Å². The van der Waals surface area contributed by atoms with Crippen LogP contribution in [0.15, 0.2) is 85.5 Å². The molecule has 0 saturated carbocycles. The Labute approximate surface area is 115 Å². The van der Waals surface area contributed by atoms with Gasteiger partial charge in [0.05, 0.1) is 0 Å². The number of aromatic nitrogens is 2. The standard InChI is InChI=1S/C12H11P.C4H4N2/c1-3-7-11(8-4-1)13-12-9-5-2-6-10-12;1-2-5-4-6-3-1/h1-10,13H;1-4H. The zero-order valence-corrected chi connectivity index (χ0v) is 11.5. The number of hydrogen-bond acceptors (Lipinski definition) is 2. The molecular formula is C16H15N2P. The van der Waals surface area contributed by atoms with Gasteiger partial charge in [0.2, 0.25) is 0 Å². The predicted molar refractivity (Wildman–Crippen MR) is 82.5 cm³/mol. The molecule has 1 aromatic heterocycles. The molecule has 2 nitrogen and oxygen atoms in total. The van der Waals surface area contributed by atoms with Crippen LogP contribution in [0.2, 0.25) is 0 Å². The molecule has 0 atom stereocenters. The molecule has 0 aliphatic heterocycles. The molecule has 0 aliphatic carbocycles. The van der Waals surface area contributed by atoms with Gasteiger partial charge < -0.3 is 0 Å². The van der Waals surface area contributed by atoms with Crippen molar-refractivity contribution in [1.29, 1.82) is 0 Å². The number of hydrogen-bond donors (Lipinski definition) is 0. The largest absolute Gasteiger partial charge is 0.245 e.